The Labute approximate surface area is 173 Å². The number of carbonyl (C=O) groups excluding carboxylic acids is 1. The van der Waals surface area contributed by atoms with E-state index in [2.05, 4.69) is 15.5 Å². The molecule has 2 aromatic carbocycles. The summed E-state index contributed by atoms with van der Waals surface area (Å²) in [5, 5.41) is 11.5. The molecule has 0 fully saturated rings. The van der Waals surface area contributed by atoms with E-state index in [0.717, 1.165) is 22.6 Å². The number of nitrogens with two attached hydrogens (primary N) is 1. The van der Waals surface area contributed by atoms with Gasteiger partial charge in [-0.2, -0.15) is 0 Å². The van der Waals surface area contributed by atoms with Crippen LogP contribution in [0.1, 0.15) is 12.5 Å². The van der Waals surface area contributed by atoms with Crippen molar-refractivity contribution >= 4 is 17.7 Å². The Morgan fingerprint density at radius 1 is 1.17 bits per heavy atom. The molecular formula is C20H23N5O3S. The largest absolute Gasteiger partial charge is 0.496 e. The summed E-state index contributed by atoms with van der Waals surface area (Å²) in [6.45, 7) is 2.92. The van der Waals surface area contributed by atoms with Crippen LogP contribution >= 0.6 is 11.8 Å². The van der Waals surface area contributed by atoms with Gasteiger partial charge in [0.1, 0.15) is 11.5 Å². The molecule has 3 rings (SSSR count). The first-order valence-corrected chi connectivity index (χ1v) is 10.1. The Kier molecular flexibility index (Phi) is 6.96. The number of para-hydroxylation sites is 1. The maximum atomic E-state index is 12.2. The van der Waals surface area contributed by atoms with Gasteiger partial charge in [-0.3, -0.25) is 4.79 Å². The molecule has 9 heteroatoms. The van der Waals surface area contributed by atoms with Gasteiger partial charge in [0.25, 0.3) is 0 Å². The lowest BCUT2D eigenvalue weighted by Gasteiger charge is -2.09. The molecule has 0 aliphatic rings. The molecule has 0 aliphatic heterocycles. The van der Waals surface area contributed by atoms with Crippen LogP contribution in [0.25, 0.3) is 11.4 Å². The van der Waals surface area contributed by atoms with E-state index in [9.17, 15) is 4.79 Å². The average molecular weight is 414 g/mol. The summed E-state index contributed by atoms with van der Waals surface area (Å²) in [7, 11) is 1.60. The maximum Gasteiger partial charge on any atom is 0.230 e. The molecule has 0 aliphatic carbocycles. The topological polar surface area (TPSA) is 104 Å². The van der Waals surface area contributed by atoms with Crippen molar-refractivity contribution in [3.05, 3.63) is 54.1 Å². The van der Waals surface area contributed by atoms with E-state index >= 15 is 0 Å². The van der Waals surface area contributed by atoms with E-state index in [1.54, 1.807) is 7.11 Å². The third-order valence-electron chi connectivity index (χ3n) is 4.09. The lowest BCUT2D eigenvalue weighted by Crippen LogP contribution is -2.25. The van der Waals surface area contributed by atoms with Crippen molar-refractivity contribution in [1.82, 2.24) is 20.2 Å². The monoisotopic (exact) mass is 413 g/mol. The molecule has 0 atom stereocenters. The van der Waals surface area contributed by atoms with Gasteiger partial charge in [0.05, 0.1) is 19.5 Å². The first-order chi connectivity index (χ1) is 14.1. The average Bonchev–Trinajstić information content (AvgIpc) is 3.12. The number of methoxy groups -OCH3 is 1. The number of carbonyl (C=O) groups is 1. The summed E-state index contributed by atoms with van der Waals surface area (Å²) in [5.41, 5.74) is 1.73. The standard InChI is InChI=1S/C20H23N5O3S/c1-3-28-16-10-8-14(9-11-16)19-23-24-20(25(19)21)29-13-18(26)22-12-15-6-4-5-7-17(15)27-2/h4-11H,3,12-13,21H2,1-2H3,(H,22,26). The van der Waals surface area contributed by atoms with Crippen molar-refractivity contribution in [2.45, 2.75) is 18.6 Å². The Balaban J connectivity index is 1.56. The molecule has 0 radical (unpaired) electrons. The number of nitrogens with zero attached hydrogens (tertiary/aromatic N) is 3. The van der Waals surface area contributed by atoms with Crippen molar-refractivity contribution in [3.8, 4) is 22.9 Å². The van der Waals surface area contributed by atoms with Crippen LogP contribution in [0, 0.1) is 0 Å². The minimum absolute atomic E-state index is 0.133. The zero-order valence-corrected chi connectivity index (χ0v) is 17.1. The predicted octanol–water partition coefficient (Wildman–Crippen LogP) is 2.47. The molecule has 29 heavy (non-hydrogen) atoms. The molecule has 0 unspecified atom stereocenters. The number of benzene rings is 2. The van der Waals surface area contributed by atoms with Gasteiger partial charge in [-0.15, -0.1) is 10.2 Å². The second-order valence-corrected chi connectivity index (χ2v) is 6.95. The highest BCUT2D eigenvalue weighted by Crippen LogP contribution is 2.23. The van der Waals surface area contributed by atoms with Crippen LogP contribution in [0.5, 0.6) is 11.5 Å². The summed E-state index contributed by atoms with van der Waals surface area (Å²) >= 11 is 1.22. The Morgan fingerprint density at radius 2 is 1.93 bits per heavy atom. The second-order valence-electron chi connectivity index (χ2n) is 6.01. The van der Waals surface area contributed by atoms with E-state index in [0.29, 0.717) is 24.1 Å². The lowest BCUT2D eigenvalue weighted by atomic mass is 10.2. The number of ether oxygens (including phenoxy) is 2. The van der Waals surface area contributed by atoms with Crippen LogP contribution in [0.4, 0.5) is 0 Å². The van der Waals surface area contributed by atoms with Crippen molar-refractivity contribution in [3.63, 3.8) is 0 Å². The summed E-state index contributed by atoms with van der Waals surface area (Å²) in [4.78, 5) is 12.2. The highest BCUT2D eigenvalue weighted by molar-refractivity contribution is 7.99. The summed E-state index contributed by atoms with van der Waals surface area (Å²) < 4.78 is 12.1. The maximum absolute atomic E-state index is 12.2. The molecule has 1 aromatic heterocycles. The number of aromatic nitrogens is 3. The third kappa shape index (κ3) is 5.20. The van der Waals surface area contributed by atoms with Crippen molar-refractivity contribution in [2.75, 3.05) is 25.3 Å². The van der Waals surface area contributed by atoms with Gasteiger partial charge in [-0.05, 0) is 37.3 Å². The number of thioether (sulfide) groups is 1. The van der Waals surface area contributed by atoms with Gasteiger partial charge >= 0.3 is 0 Å². The van der Waals surface area contributed by atoms with Gasteiger partial charge in [0.15, 0.2) is 5.82 Å². The number of nitrogens with one attached hydrogen (secondary N) is 1. The summed E-state index contributed by atoms with van der Waals surface area (Å²) in [6, 6.07) is 15.0. The Bertz CT molecular complexity index is 959. The fourth-order valence-electron chi connectivity index (χ4n) is 2.66. The van der Waals surface area contributed by atoms with Gasteiger partial charge in [0, 0.05) is 17.7 Å². The van der Waals surface area contributed by atoms with Crippen LogP contribution in [0.15, 0.2) is 53.7 Å². The lowest BCUT2D eigenvalue weighted by molar-refractivity contribution is -0.118. The van der Waals surface area contributed by atoms with E-state index < -0.39 is 0 Å². The molecule has 152 valence electrons. The second kappa shape index (κ2) is 9.83. The van der Waals surface area contributed by atoms with E-state index in [4.69, 9.17) is 15.3 Å². The SMILES string of the molecule is CCOc1ccc(-c2nnc(SCC(=O)NCc3ccccc3OC)n2N)cc1. The number of hydrogen-bond donors (Lipinski definition) is 2. The summed E-state index contributed by atoms with van der Waals surface area (Å²) in [5.74, 6) is 8.19. The van der Waals surface area contributed by atoms with Crippen LogP contribution in [0.3, 0.4) is 0 Å². The molecule has 0 spiro atoms. The van der Waals surface area contributed by atoms with Crippen LogP contribution < -0.4 is 20.6 Å². The number of amides is 1. The molecule has 1 heterocycles. The number of nitrogen functional groups attached to an aromatic ring is 1. The Hall–Kier alpha value is -3.20. The van der Waals surface area contributed by atoms with Crippen molar-refractivity contribution in [1.29, 1.82) is 0 Å². The van der Waals surface area contributed by atoms with Crippen molar-refractivity contribution in [2.24, 2.45) is 0 Å². The zero-order valence-electron chi connectivity index (χ0n) is 16.3. The zero-order chi connectivity index (χ0) is 20.6. The van der Waals surface area contributed by atoms with Gasteiger partial charge in [-0.25, -0.2) is 4.68 Å². The normalized spacial score (nSPS) is 10.6. The van der Waals surface area contributed by atoms with E-state index in [-0.39, 0.29) is 11.7 Å². The first kappa shape index (κ1) is 20.5. The summed E-state index contributed by atoms with van der Waals surface area (Å²) in [6.07, 6.45) is 0. The molecule has 8 nitrogen and oxygen atoms in total. The molecular weight excluding hydrogens is 390 g/mol. The fourth-order valence-corrected chi connectivity index (χ4v) is 3.35. The minimum atomic E-state index is -0.133. The minimum Gasteiger partial charge on any atom is -0.496 e. The molecule has 0 saturated heterocycles. The molecule has 3 aromatic rings. The van der Waals surface area contributed by atoms with E-state index in [1.807, 2.05) is 55.5 Å². The van der Waals surface area contributed by atoms with Gasteiger partial charge in [0.2, 0.25) is 11.1 Å². The first-order valence-electron chi connectivity index (χ1n) is 9.07. The third-order valence-corrected chi connectivity index (χ3v) is 5.03. The van der Waals surface area contributed by atoms with Gasteiger partial charge in [-0.1, -0.05) is 30.0 Å². The molecule has 0 bridgehead atoms. The molecule has 1 amide bonds. The van der Waals surface area contributed by atoms with Crippen LogP contribution in [-0.2, 0) is 11.3 Å². The molecule has 0 saturated carbocycles. The van der Waals surface area contributed by atoms with E-state index in [1.165, 1.54) is 16.4 Å². The van der Waals surface area contributed by atoms with Gasteiger partial charge < -0.3 is 20.6 Å². The van der Waals surface area contributed by atoms with Crippen LogP contribution in [0.2, 0.25) is 0 Å². The highest BCUT2D eigenvalue weighted by atomic mass is 32.2. The van der Waals surface area contributed by atoms with Crippen LogP contribution in [-0.4, -0.2) is 40.3 Å². The highest BCUT2D eigenvalue weighted by Gasteiger charge is 2.14. The fraction of sp³-hybridized carbons (Fsp3) is 0.250. The quantitative estimate of drug-likeness (QED) is 0.410. The molecule has 3 N–H and O–H groups in total. The Morgan fingerprint density at radius 3 is 2.66 bits per heavy atom. The number of rotatable bonds is 9. The number of hydrogen-bond acceptors (Lipinski definition) is 7. The smallest absolute Gasteiger partial charge is 0.230 e. The predicted molar refractivity (Wildman–Crippen MR) is 112 cm³/mol. The van der Waals surface area contributed by atoms with Crippen molar-refractivity contribution < 1.29 is 14.3 Å².